The summed E-state index contributed by atoms with van der Waals surface area (Å²) >= 11 is 9.40. The average molecular weight is 355 g/mol. The topological polar surface area (TPSA) is 43.8 Å². The summed E-state index contributed by atoms with van der Waals surface area (Å²) in [4.78, 5) is 4.24. The van der Waals surface area contributed by atoms with Gasteiger partial charge in [-0.25, -0.2) is 9.37 Å². The van der Waals surface area contributed by atoms with Gasteiger partial charge in [0, 0.05) is 6.07 Å². The van der Waals surface area contributed by atoms with Crippen molar-refractivity contribution in [1.82, 2.24) is 9.55 Å². The van der Waals surface area contributed by atoms with Gasteiger partial charge in [-0.1, -0.05) is 17.7 Å². The standard InChI is InChI=1S/C14H10BrClFN3/c1-7-2-3-12(9(16)4-7)20-13-6-10(17)8(15)5-11(13)19-14(20)18/h2-6H,1H3,(H2,18,19). The monoisotopic (exact) mass is 353 g/mol. The molecule has 20 heavy (non-hydrogen) atoms. The summed E-state index contributed by atoms with van der Waals surface area (Å²) in [5.74, 6) is -0.106. The van der Waals surface area contributed by atoms with Gasteiger partial charge in [0.1, 0.15) is 5.82 Å². The Labute approximate surface area is 128 Å². The third-order valence-electron chi connectivity index (χ3n) is 3.07. The van der Waals surface area contributed by atoms with Crippen LogP contribution in [-0.2, 0) is 0 Å². The van der Waals surface area contributed by atoms with E-state index in [2.05, 4.69) is 20.9 Å². The van der Waals surface area contributed by atoms with E-state index in [4.69, 9.17) is 17.3 Å². The molecule has 0 bridgehead atoms. The molecule has 0 radical (unpaired) electrons. The second-order valence-corrected chi connectivity index (χ2v) is 5.78. The Balaban J connectivity index is 2.35. The highest BCUT2D eigenvalue weighted by Crippen LogP contribution is 2.31. The molecule has 1 aromatic heterocycles. The summed E-state index contributed by atoms with van der Waals surface area (Å²) in [6, 6.07) is 8.58. The van der Waals surface area contributed by atoms with Gasteiger partial charge < -0.3 is 5.73 Å². The lowest BCUT2D eigenvalue weighted by molar-refractivity contribution is 0.622. The number of nitrogens with zero attached hydrogens (tertiary/aromatic N) is 2. The van der Waals surface area contributed by atoms with Crippen molar-refractivity contribution in [2.75, 3.05) is 5.73 Å². The Kier molecular flexibility index (Phi) is 3.18. The number of fused-ring (bicyclic) bond motifs is 1. The van der Waals surface area contributed by atoms with Crippen molar-refractivity contribution in [3.05, 3.63) is 51.2 Å². The highest BCUT2D eigenvalue weighted by molar-refractivity contribution is 9.10. The molecule has 3 nitrogen and oxygen atoms in total. The van der Waals surface area contributed by atoms with E-state index in [1.807, 2.05) is 25.1 Å². The number of hydrogen-bond acceptors (Lipinski definition) is 2. The van der Waals surface area contributed by atoms with Crippen LogP contribution >= 0.6 is 27.5 Å². The zero-order valence-electron chi connectivity index (χ0n) is 10.5. The maximum atomic E-state index is 13.8. The lowest BCUT2D eigenvalue weighted by Crippen LogP contribution is -2.01. The molecule has 0 spiro atoms. The number of nitrogens with two attached hydrogens (primary N) is 1. The van der Waals surface area contributed by atoms with E-state index in [1.165, 1.54) is 6.07 Å². The minimum absolute atomic E-state index is 0.267. The molecule has 6 heteroatoms. The number of aryl methyl sites for hydroxylation is 1. The second kappa shape index (κ2) is 4.75. The number of anilines is 1. The third-order valence-corrected chi connectivity index (χ3v) is 3.98. The van der Waals surface area contributed by atoms with Crippen LogP contribution < -0.4 is 5.73 Å². The molecule has 2 aromatic carbocycles. The molecule has 3 aromatic rings. The summed E-state index contributed by atoms with van der Waals surface area (Å²) in [6.45, 7) is 1.95. The fraction of sp³-hybridized carbons (Fsp3) is 0.0714. The first-order valence-electron chi connectivity index (χ1n) is 5.87. The number of rotatable bonds is 1. The van der Waals surface area contributed by atoms with E-state index < -0.39 is 0 Å². The molecule has 102 valence electrons. The molecule has 0 fully saturated rings. The van der Waals surface area contributed by atoms with Gasteiger partial charge in [-0.2, -0.15) is 0 Å². The lowest BCUT2D eigenvalue weighted by atomic mass is 10.2. The van der Waals surface area contributed by atoms with Crippen LogP contribution in [0, 0.1) is 12.7 Å². The van der Waals surface area contributed by atoms with Gasteiger partial charge in [0.15, 0.2) is 0 Å². The summed E-state index contributed by atoms with van der Waals surface area (Å²) < 4.78 is 15.8. The quantitative estimate of drug-likeness (QED) is 0.700. The third kappa shape index (κ3) is 2.07. The van der Waals surface area contributed by atoms with Crippen LogP contribution in [0.3, 0.4) is 0 Å². The first-order valence-corrected chi connectivity index (χ1v) is 7.04. The van der Waals surface area contributed by atoms with Crippen LogP contribution in [0.1, 0.15) is 5.56 Å². The SMILES string of the molecule is Cc1ccc(-n2c(N)nc3cc(Br)c(F)cc32)c(Cl)c1. The molecule has 2 N–H and O–H groups in total. The van der Waals surface area contributed by atoms with Crippen LogP contribution in [0.25, 0.3) is 16.7 Å². The van der Waals surface area contributed by atoms with Crippen LogP contribution in [0.2, 0.25) is 5.02 Å². The van der Waals surface area contributed by atoms with Gasteiger partial charge >= 0.3 is 0 Å². The van der Waals surface area contributed by atoms with Crippen LogP contribution in [0.5, 0.6) is 0 Å². The highest BCUT2D eigenvalue weighted by atomic mass is 79.9. The van der Waals surface area contributed by atoms with Gasteiger partial charge in [0.2, 0.25) is 5.95 Å². The van der Waals surface area contributed by atoms with Crippen LogP contribution in [-0.4, -0.2) is 9.55 Å². The predicted octanol–water partition coefficient (Wildman–Crippen LogP) is 4.47. The summed E-state index contributed by atoms with van der Waals surface area (Å²) in [6.07, 6.45) is 0. The van der Waals surface area contributed by atoms with E-state index in [1.54, 1.807) is 10.6 Å². The summed E-state index contributed by atoms with van der Waals surface area (Å²) in [5, 5.41) is 0.541. The minimum atomic E-state index is -0.373. The zero-order valence-corrected chi connectivity index (χ0v) is 12.8. The first kappa shape index (κ1) is 13.4. The molecule has 0 aliphatic heterocycles. The number of benzene rings is 2. The molecule has 1 heterocycles. The maximum absolute atomic E-state index is 13.8. The molecule has 0 aliphatic carbocycles. The molecule has 0 saturated heterocycles. The maximum Gasteiger partial charge on any atom is 0.205 e. The summed E-state index contributed by atoms with van der Waals surface area (Å²) in [5.41, 5.74) is 8.85. The first-order chi connectivity index (χ1) is 9.47. The second-order valence-electron chi connectivity index (χ2n) is 4.52. The molecule has 0 aliphatic rings. The minimum Gasteiger partial charge on any atom is -0.369 e. The highest BCUT2D eigenvalue weighted by Gasteiger charge is 2.15. The number of hydrogen-bond donors (Lipinski definition) is 1. The number of imidazole rings is 1. The Hall–Kier alpha value is -1.59. The van der Waals surface area contributed by atoms with Gasteiger partial charge in [-0.15, -0.1) is 0 Å². The van der Waals surface area contributed by atoms with Crippen molar-refractivity contribution < 1.29 is 4.39 Å². The predicted molar refractivity (Wildman–Crippen MR) is 82.9 cm³/mol. The van der Waals surface area contributed by atoms with E-state index >= 15 is 0 Å². The molecular weight excluding hydrogens is 345 g/mol. The average Bonchev–Trinajstić information content (AvgIpc) is 2.66. The van der Waals surface area contributed by atoms with Gasteiger partial charge in [0.25, 0.3) is 0 Å². The van der Waals surface area contributed by atoms with Gasteiger partial charge in [-0.05, 0) is 46.6 Å². The van der Waals surface area contributed by atoms with E-state index in [9.17, 15) is 4.39 Å². The molecular formula is C14H10BrClFN3. The number of halogens is 3. The van der Waals surface area contributed by atoms with Gasteiger partial charge in [0.05, 0.1) is 26.2 Å². The van der Waals surface area contributed by atoms with Crippen molar-refractivity contribution in [1.29, 1.82) is 0 Å². The largest absolute Gasteiger partial charge is 0.369 e. The molecule has 0 atom stereocenters. The Morgan fingerprint density at radius 1 is 1.30 bits per heavy atom. The normalized spacial score (nSPS) is 11.2. The van der Waals surface area contributed by atoms with Crippen LogP contribution in [0.15, 0.2) is 34.8 Å². The van der Waals surface area contributed by atoms with Crippen molar-refractivity contribution in [2.45, 2.75) is 6.92 Å². The Morgan fingerprint density at radius 3 is 2.75 bits per heavy atom. The van der Waals surface area contributed by atoms with Crippen LogP contribution in [0.4, 0.5) is 10.3 Å². The fourth-order valence-corrected chi connectivity index (χ4v) is 2.79. The molecule has 0 amide bonds. The smallest absolute Gasteiger partial charge is 0.205 e. The molecule has 0 unspecified atom stereocenters. The van der Waals surface area contributed by atoms with Gasteiger partial charge in [-0.3, -0.25) is 4.57 Å². The fourth-order valence-electron chi connectivity index (χ4n) is 2.14. The van der Waals surface area contributed by atoms with Crippen molar-refractivity contribution in [3.8, 4) is 5.69 Å². The van der Waals surface area contributed by atoms with E-state index in [0.717, 1.165) is 5.56 Å². The van der Waals surface area contributed by atoms with Crippen molar-refractivity contribution >= 4 is 44.5 Å². The molecule has 0 saturated carbocycles. The Bertz CT molecular complexity index is 829. The van der Waals surface area contributed by atoms with E-state index in [-0.39, 0.29) is 11.8 Å². The lowest BCUT2D eigenvalue weighted by Gasteiger charge is -2.09. The molecule has 3 rings (SSSR count). The number of aromatic nitrogens is 2. The number of nitrogen functional groups attached to an aromatic ring is 1. The van der Waals surface area contributed by atoms with E-state index in [0.29, 0.717) is 26.2 Å². The zero-order chi connectivity index (χ0) is 14.4. The van der Waals surface area contributed by atoms with Crippen molar-refractivity contribution in [3.63, 3.8) is 0 Å². The summed E-state index contributed by atoms with van der Waals surface area (Å²) in [7, 11) is 0. The van der Waals surface area contributed by atoms with Crippen molar-refractivity contribution in [2.24, 2.45) is 0 Å². The Morgan fingerprint density at radius 2 is 2.05 bits per heavy atom.